The topological polar surface area (TPSA) is 127 Å². The number of rotatable bonds is 16. The molecule has 0 aromatic heterocycles. The van der Waals surface area contributed by atoms with E-state index in [0.29, 0.717) is 32.1 Å². The van der Waals surface area contributed by atoms with E-state index < -0.39 is 51.6 Å². The summed E-state index contributed by atoms with van der Waals surface area (Å²) in [6.07, 6.45) is 8.07. The highest BCUT2D eigenvalue weighted by atomic mass is 16.6. The summed E-state index contributed by atoms with van der Waals surface area (Å²) in [4.78, 5) is 55.9. The van der Waals surface area contributed by atoms with Gasteiger partial charge in [0, 0.05) is 18.4 Å². The summed E-state index contributed by atoms with van der Waals surface area (Å²) in [5.74, 6) is -3.36. The van der Waals surface area contributed by atoms with Gasteiger partial charge in [0.25, 0.3) is 0 Å². The monoisotopic (exact) mass is 744 g/mol. The van der Waals surface area contributed by atoms with E-state index in [-0.39, 0.29) is 60.2 Å². The molecule has 0 aliphatic heterocycles. The second-order valence-electron chi connectivity index (χ2n) is 16.9. The summed E-state index contributed by atoms with van der Waals surface area (Å²) in [6, 6.07) is 4.17. The van der Waals surface area contributed by atoms with Crippen LogP contribution in [0.2, 0.25) is 0 Å². The van der Waals surface area contributed by atoms with E-state index in [4.69, 9.17) is 9.47 Å². The van der Waals surface area contributed by atoms with Crippen LogP contribution in [-0.2, 0) is 19.2 Å². The molecule has 54 heavy (non-hydrogen) atoms. The third kappa shape index (κ3) is 9.07. The van der Waals surface area contributed by atoms with Gasteiger partial charge in [0.2, 0.25) is 0 Å². The first-order chi connectivity index (χ1) is 25.2. The lowest BCUT2D eigenvalue weighted by Gasteiger charge is -2.65. The van der Waals surface area contributed by atoms with Gasteiger partial charge in [-0.3, -0.25) is 19.2 Å². The Labute approximate surface area is 323 Å². The smallest absolute Gasteiger partial charge is 0.311 e. The number of hydrogen-bond donors (Lipinski definition) is 2. The second-order valence-corrected chi connectivity index (χ2v) is 16.9. The highest BCUT2D eigenvalue weighted by Crippen LogP contribution is 2.68. The van der Waals surface area contributed by atoms with Gasteiger partial charge < -0.3 is 19.7 Å². The maximum atomic E-state index is 15.4. The third-order valence-electron chi connectivity index (χ3n) is 11.7. The summed E-state index contributed by atoms with van der Waals surface area (Å²) in [5.41, 5.74) is -0.0220. The summed E-state index contributed by atoms with van der Waals surface area (Å²) >= 11 is 0. The van der Waals surface area contributed by atoms with Gasteiger partial charge in [0.05, 0.1) is 16.9 Å². The molecule has 0 saturated heterocycles. The Kier molecular flexibility index (Phi) is 14.8. The van der Waals surface area contributed by atoms with Crippen LogP contribution in [-0.4, -0.2) is 39.8 Å². The molecule has 3 rings (SSSR count). The van der Waals surface area contributed by atoms with Crippen molar-refractivity contribution in [2.75, 3.05) is 0 Å². The van der Waals surface area contributed by atoms with Crippen LogP contribution in [0.3, 0.4) is 0 Å². The number of Topliss-reactive ketones (excluding diaryl/α,β-unsaturated/α-hetero) is 2. The maximum absolute atomic E-state index is 15.4. The van der Waals surface area contributed by atoms with Crippen molar-refractivity contribution in [2.24, 2.45) is 28.1 Å². The normalized spacial score (nSPS) is 24.5. The summed E-state index contributed by atoms with van der Waals surface area (Å²) in [7, 11) is 0. The van der Waals surface area contributed by atoms with Gasteiger partial charge in [0.1, 0.15) is 11.3 Å². The fourth-order valence-corrected chi connectivity index (χ4v) is 8.29. The molecule has 2 fully saturated rings. The van der Waals surface area contributed by atoms with Crippen LogP contribution in [0.5, 0.6) is 11.5 Å². The molecule has 5 unspecified atom stereocenters. The van der Waals surface area contributed by atoms with Crippen molar-refractivity contribution in [3.8, 4) is 11.5 Å². The van der Waals surface area contributed by atoms with E-state index >= 15 is 9.59 Å². The Bertz CT molecular complexity index is 1740. The number of carbonyl (C=O) groups is 4. The Morgan fingerprint density at radius 1 is 0.870 bits per heavy atom. The first kappa shape index (κ1) is 44.4. The zero-order valence-electron chi connectivity index (χ0n) is 34.6. The number of fused-ring (bicyclic) bond motifs is 2. The van der Waals surface area contributed by atoms with Gasteiger partial charge in [0.15, 0.2) is 23.1 Å². The molecule has 1 aromatic rings. The number of aliphatic hydroxyl groups is 2. The molecule has 2 aliphatic rings. The average molecular weight is 745 g/mol. The zero-order valence-corrected chi connectivity index (χ0v) is 34.6. The maximum Gasteiger partial charge on any atom is 0.311 e. The molecule has 1 aromatic carbocycles. The van der Waals surface area contributed by atoms with Crippen molar-refractivity contribution in [3.63, 3.8) is 0 Å². The Hall–Kier alpha value is -4.04. The number of aliphatic hydroxyl groups excluding tert-OH is 2. The fourth-order valence-electron chi connectivity index (χ4n) is 8.29. The van der Waals surface area contributed by atoms with Crippen molar-refractivity contribution in [1.82, 2.24) is 0 Å². The highest BCUT2D eigenvalue weighted by molar-refractivity contribution is 6.30. The van der Waals surface area contributed by atoms with E-state index in [1.54, 1.807) is 0 Å². The fraction of sp³-hybridized carbons (Fsp3) is 0.565. The van der Waals surface area contributed by atoms with Gasteiger partial charge in [-0.2, -0.15) is 0 Å². The van der Waals surface area contributed by atoms with E-state index in [1.165, 1.54) is 18.2 Å². The Morgan fingerprint density at radius 3 is 1.94 bits per heavy atom. The first-order valence-corrected chi connectivity index (χ1v) is 19.5. The van der Waals surface area contributed by atoms with Crippen molar-refractivity contribution in [3.05, 3.63) is 76.4 Å². The van der Waals surface area contributed by atoms with Crippen molar-refractivity contribution in [1.29, 1.82) is 0 Å². The minimum absolute atomic E-state index is 0.0173. The molecule has 2 aliphatic carbocycles. The van der Waals surface area contributed by atoms with E-state index in [9.17, 15) is 19.8 Å². The largest absolute Gasteiger partial charge is 0.506 e. The molecule has 0 amide bonds. The molecule has 0 heterocycles. The molecule has 0 radical (unpaired) electrons. The number of ketones is 2. The summed E-state index contributed by atoms with van der Waals surface area (Å²) in [5, 5.41) is 25.1. The minimum atomic E-state index is -1.48. The number of benzene rings is 1. The van der Waals surface area contributed by atoms with Gasteiger partial charge in [-0.15, -0.1) is 0 Å². The van der Waals surface area contributed by atoms with Gasteiger partial charge >= 0.3 is 11.9 Å². The zero-order chi connectivity index (χ0) is 40.8. The molecular formula is C46H64O8. The molecule has 0 spiro atoms. The average Bonchev–Trinajstić information content (AvgIpc) is 3.07. The number of ether oxygens (including phenoxy) is 2. The van der Waals surface area contributed by atoms with Gasteiger partial charge in [-0.1, -0.05) is 74.8 Å². The summed E-state index contributed by atoms with van der Waals surface area (Å²) in [6.45, 7) is 25.8. The molecule has 2 bridgehead atoms. The van der Waals surface area contributed by atoms with Crippen molar-refractivity contribution in [2.45, 2.75) is 140 Å². The molecular weight excluding hydrogens is 680 g/mol. The lowest BCUT2D eigenvalue weighted by molar-refractivity contribution is -0.208. The first-order valence-electron chi connectivity index (χ1n) is 19.5. The number of allylic oxidation sites excluding steroid dienone is 8. The van der Waals surface area contributed by atoms with E-state index in [1.807, 2.05) is 82.2 Å². The number of hydrogen-bond acceptors (Lipinski definition) is 8. The number of esters is 2. The lowest BCUT2D eigenvalue weighted by atomic mass is 9.37. The number of carbonyl (C=O) groups excluding carboxylic acids is 4. The summed E-state index contributed by atoms with van der Waals surface area (Å²) < 4.78 is 11.2. The van der Waals surface area contributed by atoms with E-state index in [2.05, 4.69) is 18.7 Å². The Balaban J connectivity index is 2.45. The molecule has 296 valence electrons. The van der Waals surface area contributed by atoms with Crippen molar-refractivity contribution >= 4 is 29.3 Å². The Morgan fingerprint density at radius 2 is 1.43 bits per heavy atom. The molecule has 5 atom stereocenters. The predicted molar refractivity (Wildman–Crippen MR) is 215 cm³/mol. The van der Waals surface area contributed by atoms with Gasteiger partial charge in [-0.05, 0) is 129 Å². The molecule has 8 heteroatoms. The molecule has 2 saturated carbocycles. The van der Waals surface area contributed by atoms with Crippen LogP contribution in [0.4, 0.5) is 0 Å². The second kappa shape index (κ2) is 18.1. The van der Waals surface area contributed by atoms with Crippen molar-refractivity contribution < 1.29 is 38.9 Å². The predicted octanol–water partition coefficient (Wildman–Crippen LogP) is 10.5. The molecule has 2 N–H and O–H groups in total. The SMILES string of the molecule is C=C(C)C(CC=C(C)C)CC12CC(CC=C(C)C)C(C)(C)C(CC=C(C)C)(C(=O)C(=C(O)c3ccc(OC(=O)CCC)c(OC(=O)CCC)c3)C1=O)C2O. The van der Waals surface area contributed by atoms with Crippen LogP contribution in [0.1, 0.15) is 140 Å². The third-order valence-corrected chi connectivity index (χ3v) is 11.7. The van der Waals surface area contributed by atoms with Gasteiger partial charge in [-0.25, -0.2) is 0 Å². The van der Waals surface area contributed by atoms with Crippen LogP contribution >= 0.6 is 0 Å². The van der Waals surface area contributed by atoms with E-state index in [0.717, 1.165) is 22.3 Å². The minimum Gasteiger partial charge on any atom is -0.506 e. The van der Waals surface area contributed by atoms with Crippen LogP contribution < -0.4 is 9.47 Å². The standard InChI is InChI=1S/C46H64O8/c1-13-15-37(47)53-35-22-20-32(25-36(35)54-38(48)16-14-2)40(49)39-41(50)45(26-33(31(9)10)19-17-28(3)4)27-34(21-18-29(5)6)44(11,12)46(42(39)51,43(45)52)24-23-30(7)8/h17-18,20,22-23,25,33-34,43,49,52H,9,13-16,19,21,24,26-27H2,1-8,10-12H3. The van der Waals surface area contributed by atoms with Crippen LogP contribution in [0.15, 0.2) is 70.9 Å². The van der Waals surface area contributed by atoms with Crippen LogP contribution in [0, 0.1) is 28.1 Å². The van der Waals surface area contributed by atoms with Crippen LogP contribution in [0.25, 0.3) is 5.76 Å². The quantitative estimate of drug-likeness (QED) is 0.0428. The lowest BCUT2D eigenvalue weighted by Crippen LogP contribution is -2.71. The molecule has 8 nitrogen and oxygen atoms in total. The highest BCUT2D eigenvalue weighted by Gasteiger charge is 2.73.